The van der Waals surface area contributed by atoms with E-state index in [1.165, 1.54) is 16.4 Å². The molecular formula is C24H29N3O6S. The number of amides is 1. The van der Waals surface area contributed by atoms with Crippen LogP contribution in [0.1, 0.15) is 5.56 Å². The maximum atomic E-state index is 13.2. The Morgan fingerprint density at radius 2 is 1.71 bits per heavy atom. The second kappa shape index (κ2) is 11.0. The molecule has 2 fully saturated rings. The third-order valence-corrected chi connectivity index (χ3v) is 7.60. The lowest BCUT2D eigenvalue weighted by molar-refractivity contribution is -0.111. The predicted octanol–water partition coefficient (Wildman–Crippen LogP) is 2.20. The third-order valence-electron chi connectivity index (χ3n) is 5.71. The molecule has 34 heavy (non-hydrogen) atoms. The molecule has 0 atom stereocenters. The van der Waals surface area contributed by atoms with Gasteiger partial charge < -0.3 is 24.4 Å². The van der Waals surface area contributed by atoms with Gasteiger partial charge in [-0.3, -0.25) is 4.79 Å². The number of morpholine rings is 2. The van der Waals surface area contributed by atoms with Crippen molar-refractivity contribution in [3.8, 4) is 5.75 Å². The Hall–Kier alpha value is -2.92. The van der Waals surface area contributed by atoms with Gasteiger partial charge in [0.15, 0.2) is 0 Å². The molecule has 0 aromatic heterocycles. The average Bonchev–Trinajstić information content (AvgIpc) is 2.88. The number of hydrogen-bond acceptors (Lipinski definition) is 7. The van der Waals surface area contributed by atoms with Gasteiger partial charge in [0.25, 0.3) is 0 Å². The van der Waals surface area contributed by atoms with Crippen molar-refractivity contribution < 1.29 is 27.4 Å². The van der Waals surface area contributed by atoms with Crippen LogP contribution in [0, 0.1) is 0 Å². The summed E-state index contributed by atoms with van der Waals surface area (Å²) in [4.78, 5) is 15.0. The van der Waals surface area contributed by atoms with E-state index in [-0.39, 0.29) is 10.8 Å². The summed E-state index contributed by atoms with van der Waals surface area (Å²) >= 11 is 0. The normalized spacial score (nSPS) is 17.6. The minimum atomic E-state index is -3.70. The molecule has 9 nitrogen and oxygen atoms in total. The monoisotopic (exact) mass is 487 g/mol. The first-order valence-corrected chi connectivity index (χ1v) is 12.6. The van der Waals surface area contributed by atoms with Gasteiger partial charge in [0.2, 0.25) is 15.9 Å². The standard InChI is InChI=1S/C24H29N3O6S/c1-31-20-4-2-3-19(17-20)5-8-24(28)25-22-18-21(34(29,30)27-11-15-33-16-12-27)6-7-23(22)26-9-13-32-14-10-26/h2-8,17-18H,9-16H2,1H3,(H,25,28)/b8-5+. The van der Waals surface area contributed by atoms with Crippen LogP contribution in [0.15, 0.2) is 53.4 Å². The van der Waals surface area contributed by atoms with Crippen molar-refractivity contribution in [3.05, 3.63) is 54.1 Å². The minimum Gasteiger partial charge on any atom is -0.497 e. The van der Waals surface area contributed by atoms with Crippen molar-refractivity contribution in [3.63, 3.8) is 0 Å². The summed E-state index contributed by atoms with van der Waals surface area (Å²) in [5, 5.41) is 2.87. The van der Waals surface area contributed by atoms with Crippen LogP contribution in [0.25, 0.3) is 6.08 Å². The molecular weight excluding hydrogens is 458 g/mol. The molecule has 0 bridgehead atoms. The highest BCUT2D eigenvalue weighted by Gasteiger charge is 2.28. The molecule has 1 amide bonds. The molecule has 4 rings (SSSR count). The molecule has 0 unspecified atom stereocenters. The highest BCUT2D eigenvalue weighted by Crippen LogP contribution is 2.31. The van der Waals surface area contributed by atoms with Gasteiger partial charge in [-0.2, -0.15) is 4.31 Å². The van der Waals surface area contributed by atoms with Crippen molar-refractivity contribution in [2.24, 2.45) is 0 Å². The lowest BCUT2D eigenvalue weighted by atomic mass is 10.2. The van der Waals surface area contributed by atoms with Crippen LogP contribution in [0.5, 0.6) is 5.75 Å². The number of hydrogen-bond donors (Lipinski definition) is 1. The molecule has 182 valence electrons. The smallest absolute Gasteiger partial charge is 0.248 e. The summed E-state index contributed by atoms with van der Waals surface area (Å²) in [6.45, 7) is 3.77. The zero-order valence-corrected chi connectivity index (χ0v) is 19.9. The van der Waals surface area contributed by atoms with Crippen molar-refractivity contribution in [1.29, 1.82) is 0 Å². The van der Waals surface area contributed by atoms with Crippen LogP contribution in [0.3, 0.4) is 0 Å². The van der Waals surface area contributed by atoms with Crippen LogP contribution < -0.4 is 15.0 Å². The van der Waals surface area contributed by atoms with Crippen molar-refractivity contribution >= 4 is 33.4 Å². The van der Waals surface area contributed by atoms with E-state index >= 15 is 0 Å². The number of rotatable bonds is 7. The Bertz CT molecular complexity index is 1140. The van der Waals surface area contributed by atoms with Gasteiger partial charge in [0, 0.05) is 32.3 Å². The summed E-state index contributed by atoms with van der Waals surface area (Å²) in [7, 11) is -2.12. The van der Waals surface area contributed by atoms with E-state index in [1.807, 2.05) is 24.3 Å². The quantitative estimate of drug-likeness (QED) is 0.598. The maximum absolute atomic E-state index is 13.2. The van der Waals surface area contributed by atoms with Crippen LogP contribution in [-0.4, -0.2) is 78.3 Å². The number of nitrogens with zero attached hydrogens (tertiary/aromatic N) is 2. The zero-order valence-electron chi connectivity index (χ0n) is 19.1. The van der Waals surface area contributed by atoms with Gasteiger partial charge in [0.1, 0.15) is 5.75 Å². The molecule has 2 aromatic rings. The molecule has 1 N–H and O–H groups in total. The van der Waals surface area contributed by atoms with Crippen LogP contribution in [0.4, 0.5) is 11.4 Å². The van der Waals surface area contributed by atoms with Crippen LogP contribution in [-0.2, 0) is 24.3 Å². The summed E-state index contributed by atoms with van der Waals surface area (Å²) < 4.78 is 43.7. The first kappa shape index (κ1) is 24.2. The van der Waals surface area contributed by atoms with E-state index in [2.05, 4.69) is 10.2 Å². The number of methoxy groups -OCH3 is 1. The van der Waals surface area contributed by atoms with Gasteiger partial charge in [-0.15, -0.1) is 0 Å². The topological polar surface area (TPSA) is 97.4 Å². The molecule has 10 heteroatoms. The lowest BCUT2D eigenvalue weighted by Crippen LogP contribution is -2.40. The zero-order chi connectivity index (χ0) is 24.0. The molecule has 2 aliphatic rings. The number of benzene rings is 2. The predicted molar refractivity (Wildman–Crippen MR) is 130 cm³/mol. The Morgan fingerprint density at radius 1 is 1.00 bits per heavy atom. The van der Waals surface area contributed by atoms with E-state index in [0.717, 1.165) is 11.3 Å². The second-order valence-electron chi connectivity index (χ2n) is 7.89. The summed E-state index contributed by atoms with van der Waals surface area (Å²) in [6.07, 6.45) is 3.10. The largest absolute Gasteiger partial charge is 0.497 e. The van der Waals surface area contributed by atoms with Gasteiger partial charge >= 0.3 is 0 Å². The summed E-state index contributed by atoms with van der Waals surface area (Å²) in [5.41, 5.74) is 2.01. The number of nitrogens with one attached hydrogen (secondary N) is 1. The number of carbonyl (C=O) groups excluding carboxylic acids is 1. The van der Waals surface area contributed by atoms with Crippen molar-refractivity contribution in [2.75, 3.05) is 69.9 Å². The first-order valence-electron chi connectivity index (χ1n) is 11.1. The first-order chi connectivity index (χ1) is 16.5. The Labute approximate surface area is 199 Å². The lowest BCUT2D eigenvalue weighted by Gasteiger charge is -2.31. The highest BCUT2D eigenvalue weighted by atomic mass is 32.2. The molecule has 0 radical (unpaired) electrons. The maximum Gasteiger partial charge on any atom is 0.248 e. The van der Waals surface area contributed by atoms with Crippen molar-refractivity contribution in [1.82, 2.24) is 4.31 Å². The Morgan fingerprint density at radius 3 is 2.41 bits per heavy atom. The third kappa shape index (κ3) is 5.76. The fraction of sp³-hybridized carbons (Fsp3) is 0.375. The van der Waals surface area contributed by atoms with Crippen LogP contribution >= 0.6 is 0 Å². The number of sulfonamides is 1. The van der Waals surface area contributed by atoms with Gasteiger partial charge in [-0.25, -0.2) is 8.42 Å². The fourth-order valence-corrected chi connectivity index (χ4v) is 5.32. The summed E-state index contributed by atoms with van der Waals surface area (Å²) in [6, 6.07) is 12.2. The Balaban J connectivity index is 1.60. The Kier molecular flexibility index (Phi) is 7.84. The van der Waals surface area contributed by atoms with E-state index in [1.54, 1.807) is 25.3 Å². The van der Waals surface area contributed by atoms with Crippen molar-refractivity contribution in [2.45, 2.75) is 4.90 Å². The van der Waals surface area contributed by atoms with E-state index in [0.29, 0.717) is 64.0 Å². The van der Waals surface area contributed by atoms with E-state index in [9.17, 15) is 13.2 Å². The fourth-order valence-electron chi connectivity index (χ4n) is 3.88. The molecule has 2 aromatic carbocycles. The molecule has 0 saturated carbocycles. The summed E-state index contributed by atoms with van der Waals surface area (Å²) in [5.74, 6) is 0.330. The van der Waals surface area contributed by atoms with Gasteiger partial charge in [-0.1, -0.05) is 12.1 Å². The molecule has 2 aliphatic heterocycles. The SMILES string of the molecule is COc1cccc(/C=C/C(=O)Nc2cc(S(=O)(=O)N3CCOCC3)ccc2N2CCOCC2)c1. The van der Waals surface area contributed by atoms with Gasteiger partial charge in [0.05, 0.1) is 49.8 Å². The average molecular weight is 488 g/mol. The minimum absolute atomic E-state index is 0.137. The van der Waals surface area contributed by atoms with E-state index < -0.39 is 10.0 Å². The molecule has 0 aliphatic carbocycles. The molecule has 2 saturated heterocycles. The molecule has 2 heterocycles. The van der Waals surface area contributed by atoms with Gasteiger partial charge in [-0.05, 0) is 42.0 Å². The number of anilines is 2. The number of ether oxygens (including phenoxy) is 3. The molecule has 0 spiro atoms. The van der Waals surface area contributed by atoms with Crippen LogP contribution in [0.2, 0.25) is 0 Å². The number of carbonyl (C=O) groups is 1. The van der Waals surface area contributed by atoms with E-state index in [4.69, 9.17) is 14.2 Å². The second-order valence-corrected chi connectivity index (χ2v) is 9.83. The highest BCUT2D eigenvalue weighted by molar-refractivity contribution is 7.89.